The highest BCUT2D eigenvalue weighted by Crippen LogP contribution is 2.21. The van der Waals surface area contributed by atoms with E-state index in [-0.39, 0.29) is 18.7 Å². The normalized spacial score (nSPS) is 18.7. The number of aliphatic hydroxyl groups is 1. The molecule has 0 bridgehead atoms. The molecule has 6 nitrogen and oxygen atoms in total. The molecular weight excluding hydrogens is 270 g/mol. The minimum Gasteiger partial charge on any atom is -0.394 e. The Morgan fingerprint density at radius 3 is 3.14 bits per heavy atom. The standard InChI is InChI=1S/C15H17N3O3/c19-10-12-9-18(7-8-21-12)15(20)17-13-5-1-3-11-4-2-6-16-14(11)13/h1-6,12,19H,7-10H2,(H,17,20). The number of carbonyl (C=O) groups excluding carboxylic acids is 1. The Kier molecular flexibility index (Phi) is 3.98. The molecule has 1 aromatic carbocycles. The Morgan fingerprint density at radius 1 is 1.43 bits per heavy atom. The van der Waals surface area contributed by atoms with Gasteiger partial charge in [0.1, 0.15) is 0 Å². The zero-order valence-electron chi connectivity index (χ0n) is 11.5. The molecule has 6 heteroatoms. The smallest absolute Gasteiger partial charge is 0.322 e. The highest BCUT2D eigenvalue weighted by atomic mass is 16.5. The van der Waals surface area contributed by atoms with E-state index in [9.17, 15) is 4.79 Å². The molecule has 1 atom stereocenters. The third-order valence-corrected chi connectivity index (χ3v) is 3.50. The van der Waals surface area contributed by atoms with Gasteiger partial charge in [0, 0.05) is 18.1 Å². The molecule has 3 rings (SSSR count). The van der Waals surface area contributed by atoms with Gasteiger partial charge in [-0.1, -0.05) is 18.2 Å². The number of hydrogen-bond donors (Lipinski definition) is 2. The van der Waals surface area contributed by atoms with Gasteiger partial charge in [0.2, 0.25) is 0 Å². The van der Waals surface area contributed by atoms with Crippen LogP contribution in [-0.4, -0.2) is 53.4 Å². The minimum absolute atomic E-state index is 0.0837. The Labute approximate surface area is 122 Å². The SMILES string of the molecule is O=C(Nc1cccc2cccnc12)N1CCOC(CO)C1. The van der Waals surface area contributed by atoms with Crippen LogP contribution in [-0.2, 0) is 4.74 Å². The number of morpholine rings is 1. The van der Waals surface area contributed by atoms with Gasteiger partial charge in [0.25, 0.3) is 0 Å². The maximum Gasteiger partial charge on any atom is 0.322 e. The zero-order valence-corrected chi connectivity index (χ0v) is 11.5. The van der Waals surface area contributed by atoms with E-state index in [0.717, 1.165) is 10.9 Å². The van der Waals surface area contributed by atoms with Crippen molar-refractivity contribution in [2.45, 2.75) is 6.10 Å². The number of aliphatic hydroxyl groups excluding tert-OH is 1. The monoisotopic (exact) mass is 287 g/mol. The van der Waals surface area contributed by atoms with E-state index >= 15 is 0 Å². The molecular formula is C15H17N3O3. The molecule has 1 aliphatic rings. The number of pyridine rings is 1. The first-order chi connectivity index (χ1) is 10.3. The first kappa shape index (κ1) is 13.8. The van der Waals surface area contributed by atoms with Crippen molar-refractivity contribution in [2.24, 2.45) is 0 Å². The van der Waals surface area contributed by atoms with E-state index in [0.29, 0.717) is 25.4 Å². The van der Waals surface area contributed by atoms with Gasteiger partial charge in [-0.2, -0.15) is 0 Å². The van der Waals surface area contributed by atoms with Crippen molar-refractivity contribution in [3.8, 4) is 0 Å². The van der Waals surface area contributed by atoms with Gasteiger partial charge < -0.3 is 20.1 Å². The van der Waals surface area contributed by atoms with Crippen LogP contribution in [0.15, 0.2) is 36.5 Å². The molecule has 1 unspecified atom stereocenters. The molecule has 0 saturated carbocycles. The second-order valence-electron chi connectivity index (χ2n) is 4.93. The number of anilines is 1. The van der Waals surface area contributed by atoms with Crippen LogP contribution < -0.4 is 5.32 Å². The van der Waals surface area contributed by atoms with E-state index in [1.165, 1.54) is 0 Å². The van der Waals surface area contributed by atoms with Crippen LogP contribution in [0.1, 0.15) is 0 Å². The largest absolute Gasteiger partial charge is 0.394 e. The predicted octanol–water partition coefficient (Wildman–Crippen LogP) is 1.46. The fourth-order valence-corrected chi connectivity index (χ4v) is 2.41. The summed E-state index contributed by atoms with van der Waals surface area (Å²) in [6, 6.07) is 9.28. The number of nitrogens with zero attached hydrogens (tertiary/aromatic N) is 2. The Bertz CT molecular complexity index is 642. The van der Waals surface area contributed by atoms with Gasteiger partial charge in [-0.15, -0.1) is 0 Å². The Morgan fingerprint density at radius 2 is 2.29 bits per heavy atom. The maximum atomic E-state index is 12.3. The molecule has 1 aliphatic heterocycles. The van der Waals surface area contributed by atoms with Crippen LogP contribution in [0, 0.1) is 0 Å². The van der Waals surface area contributed by atoms with E-state index in [1.54, 1.807) is 11.1 Å². The number of benzene rings is 1. The summed E-state index contributed by atoms with van der Waals surface area (Å²) < 4.78 is 5.34. The average molecular weight is 287 g/mol. The number of para-hydroxylation sites is 1. The van der Waals surface area contributed by atoms with Crippen molar-refractivity contribution in [3.05, 3.63) is 36.5 Å². The predicted molar refractivity (Wildman–Crippen MR) is 79.2 cm³/mol. The highest BCUT2D eigenvalue weighted by molar-refractivity contribution is 5.99. The quantitative estimate of drug-likeness (QED) is 0.877. The van der Waals surface area contributed by atoms with E-state index in [4.69, 9.17) is 9.84 Å². The summed E-state index contributed by atoms with van der Waals surface area (Å²) in [7, 11) is 0. The molecule has 21 heavy (non-hydrogen) atoms. The molecule has 1 saturated heterocycles. The van der Waals surface area contributed by atoms with Crippen LogP contribution in [0.5, 0.6) is 0 Å². The average Bonchev–Trinajstić information content (AvgIpc) is 2.55. The summed E-state index contributed by atoms with van der Waals surface area (Å²) in [6.45, 7) is 1.26. The molecule has 1 fully saturated rings. The van der Waals surface area contributed by atoms with Gasteiger partial charge >= 0.3 is 6.03 Å². The summed E-state index contributed by atoms with van der Waals surface area (Å²) in [5.74, 6) is 0. The van der Waals surface area contributed by atoms with Gasteiger partial charge in [-0.05, 0) is 12.1 Å². The van der Waals surface area contributed by atoms with E-state index in [1.807, 2.05) is 30.3 Å². The maximum absolute atomic E-state index is 12.3. The lowest BCUT2D eigenvalue weighted by Crippen LogP contribution is -2.48. The lowest BCUT2D eigenvalue weighted by atomic mass is 10.2. The second kappa shape index (κ2) is 6.07. The topological polar surface area (TPSA) is 74.7 Å². The Hall–Kier alpha value is -2.18. The fraction of sp³-hybridized carbons (Fsp3) is 0.333. The number of hydrogen-bond acceptors (Lipinski definition) is 4. The van der Waals surface area contributed by atoms with E-state index in [2.05, 4.69) is 10.3 Å². The van der Waals surface area contributed by atoms with Crippen LogP contribution in [0.3, 0.4) is 0 Å². The first-order valence-corrected chi connectivity index (χ1v) is 6.90. The number of aromatic nitrogens is 1. The van der Waals surface area contributed by atoms with Crippen LogP contribution in [0.25, 0.3) is 10.9 Å². The third kappa shape index (κ3) is 2.96. The number of urea groups is 1. The lowest BCUT2D eigenvalue weighted by Gasteiger charge is -2.32. The van der Waals surface area contributed by atoms with Gasteiger partial charge in [0.05, 0.1) is 37.1 Å². The van der Waals surface area contributed by atoms with Crippen molar-refractivity contribution in [3.63, 3.8) is 0 Å². The molecule has 2 aromatic rings. The summed E-state index contributed by atoms with van der Waals surface area (Å²) >= 11 is 0. The number of carbonyl (C=O) groups is 1. The number of fused-ring (bicyclic) bond motifs is 1. The molecule has 110 valence electrons. The van der Waals surface area contributed by atoms with Gasteiger partial charge in [-0.3, -0.25) is 4.98 Å². The van der Waals surface area contributed by atoms with Crippen molar-refractivity contribution in [2.75, 3.05) is 31.6 Å². The fourth-order valence-electron chi connectivity index (χ4n) is 2.41. The van der Waals surface area contributed by atoms with Crippen LogP contribution in [0.4, 0.5) is 10.5 Å². The van der Waals surface area contributed by atoms with Gasteiger partial charge in [-0.25, -0.2) is 4.79 Å². The summed E-state index contributed by atoms with van der Waals surface area (Å²) in [5.41, 5.74) is 1.45. The van der Waals surface area contributed by atoms with Crippen LogP contribution >= 0.6 is 0 Å². The minimum atomic E-state index is -0.310. The molecule has 2 N–H and O–H groups in total. The van der Waals surface area contributed by atoms with E-state index < -0.39 is 0 Å². The first-order valence-electron chi connectivity index (χ1n) is 6.90. The summed E-state index contributed by atoms with van der Waals surface area (Å²) in [6.07, 6.45) is 1.39. The Balaban J connectivity index is 1.77. The van der Waals surface area contributed by atoms with Crippen molar-refractivity contribution < 1.29 is 14.6 Å². The van der Waals surface area contributed by atoms with Gasteiger partial charge in [0.15, 0.2) is 0 Å². The molecule has 2 heterocycles. The third-order valence-electron chi connectivity index (χ3n) is 3.50. The molecule has 0 spiro atoms. The molecule has 0 aliphatic carbocycles. The lowest BCUT2D eigenvalue weighted by molar-refractivity contribution is -0.0388. The number of ether oxygens (including phenoxy) is 1. The number of rotatable bonds is 2. The number of nitrogens with one attached hydrogen (secondary N) is 1. The van der Waals surface area contributed by atoms with Crippen molar-refractivity contribution in [1.82, 2.24) is 9.88 Å². The van der Waals surface area contributed by atoms with Crippen molar-refractivity contribution in [1.29, 1.82) is 0 Å². The molecule has 1 aromatic heterocycles. The van der Waals surface area contributed by atoms with Crippen molar-refractivity contribution >= 4 is 22.6 Å². The van der Waals surface area contributed by atoms with Crippen LogP contribution in [0.2, 0.25) is 0 Å². The highest BCUT2D eigenvalue weighted by Gasteiger charge is 2.24. The summed E-state index contributed by atoms with van der Waals surface area (Å²) in [5, 5.41) is 13.0. The zero-order chi connectivity index (χ0) is 14.7. The number of amides is 2. The second-order valence-corrected chi connectivity index (χ2v) is 4.93. The molecule has 2 amide bonds. The summed E-state index contributed by atoms with van der Waals surface area (Å²) in [4.78, 5) is 18.3. The molecule has 0 radical (unpaired) electrons.